The van der Waals surface area contributed by atoms with Crippen LogP contribution in [-0.2, 0) is 4.79 Å². The Balaban J connectivity index is 1.43. The zero-order valence-corrected chi connectivity index (χ0v) is 23.7. The van der Waals surface area contributed by atoms with Gasteiger partial charge >= 0.3 is 12.1 Å². The first-order chi connectivity index (χ1) is 19.3. The molecule has 1 unspecified atom stereocenters. The van der Waals surface area contributed by atoms with E-state index in [0.29, 0.717) is 50.3 Å². The third-order valence-corrected chi connectivity index (χ3v) is 8.19. The Bertz CT molecular complexity index is 1450. The number of nitrogens with zero attached hydrogens (tertiary/aromatic N) is 3. The predicted octanol–water partition coefficient (Wildman–Crippen LogP) is 6.40. The summed E-state index contributed by atoms with van der Waals surface area (Å²) in [5, 5.41) is 13.1. The Morgan fingerprint density at radius 1 is 1.07 bits per heavy atom. The summed E-state index contributed by atoms with van der Waals surface area (Å²) >= 11 is 18.4. The van der Waals surface area contributed by atoms with Crippen molar-refractivity contribution >= 4 is 52.5 Å². The Hall–Kier alpha value is -2.99. The number of aliphatic carboxylic acids is 1. The van der Waals surface area contributed by atoms with Crippen molar-refractivity contribution in [3.63, 3.8) is 0 Å². The summed E-state index contributed by atoms with van der Waals surface area (Å²) < 4.78 is 49.1. The van der Waals surface area contributed by atoms with Gasteiger partial charge in [0.25, 0.3) is 0 Å². The first-order valence-corrected chi connectivity index (χ1v) is 13.8. The number of rotatable bonds is 6. The highest BCUT2D eigenvalue weighted by Gasteiger charge is 2.46. The lowest BCUT2D eigenvalue weighted by Crippen LogP contribution is -2.41. The standard InChI is InChI=1S/C27H25Cl3F3N5O3/c28-15-1-2-18(19(10-15)14-7-16(29)9-17(30)8-14)23(27(31,32)33)41-22-11-21(36-25(34)37-22)38-5-3-26(4-6-38)12-20(24(39)40)35-13-26/h1-2,7-11,20,23,35H,3-6,12-13H2,(H,39,40)(H2,34,36,37)/t20?,23-/m1/s1. The number of ether oxygens (including phenoxy) is 1. The minimum Gasteiger partial charge on any atom is -0.480 e. The van der Waals surface area contributed by atoms with Crippen LogP contribution in [0.2, 0.25) is 15.1 Å². The minimum absolute atomic E-state index is 0.137. The molecule has 218 valence electrons. The number of hydrogen-bond donors (Lipinski definition) is 3. The molecule has 8 nitrogen and oxygen atoms in total. The number of hydrogen-bond acceptors (Lipinski definition) is 7. The van der Waals surface area contributed by atoms with Gasteiger partial charge in [-0.2, -0.15) is 23.1 Å². The molecule has 2 atom stereocenters. The molecule has 3 aromatic rings. The van der Waals surface area contributed by atoms with E-state index in [1.807, 2.05) is 4.90 Å². The normalized spacial score (nSPS) is 19.4. The van der Waals surface area contributed by atoms with Crippen LogP contribution in [0.1, 0.15) is 30.9 Å². The predicted molar refractivity (Wildman–Crippen MR) is 151 cm³/mol. The fourth-order valence-electron chi connectivity index (χ4n) is 5.48. The van der Waals surface area contributed by atoms with Crippen LogP contribution in [0, 0.1) is 5.41 Å². The van der Waals surface area contributed by atoms with Crippen LogP contribution in [0.25, 0.3) is 11.1 Å². The van der Waals surface area contributed by atoms with E-state index in [0.717, 1.165) is 0 Å². The molecule has 41 heavy (non-hydrogen) atoms. The highest BCUT2D eigenvalue weighted by atomic mass is 35.5. The van der Waals surface area contributed by atoms with Crippen molar-refractivity contribution in [2.24, 2.45) is 5.41 Å². The Kier molecular flexibility index (Phi) is 8.17. The molecule has 0 amide bonds. The molecule has 4 N–H and O–H groups in total. The average Bonchev–Trinajstić information content (AvgIpc) is 3.30. The number of aromatic nitrogens is 2. The SMILES string of the molecule is Nc1nc(O[C@H](c2ccc(Cl)cc2-c2cc(Cl)cc(Cl)c2)C(F)(F)F)cc(N2CCC3(CC2)CNC(C(=O)O)C3)n1. The third-order valence-electron chi connectivity index (χ3n) is 7.52. The first kappa shape index (κ1) is 29.5. The van der Waals surface area contributed by atoms with Crippen LogP contribution in [0.15, 0.2) is 42.5 Å². The first-order valence-electron chi connectivity index (χ1n) is 12.7. The summed E-state index contributed by atoms with van der Waals surface area (Å²) in [5.41, 5.74) is 5.98. The maximum Gasteiger partial charge on any atom is 0.429 e. The fourth-order valence-corrected chi connectivity index (χ4v) is 6.18. The molecular weight excluding hydrogens is 606 g/mol. The molecule has 2 saturated heterocycles. The molecule has 1 spiro atoms. The van der Waals surface area contributed by atoms with Gasteiger partial charge in [0.15, 0.2) is 0 Å². The average molecular weight is 631 g/mol. The zero-order valence-electron chi connectivity index (χ0n) is 21.4. The second kappa shape index (κ2) is 11.4. The third kappa shape index (κ3) is 6.58. The second-order valence-electron chi connectivity index (χ2n) is 10.3. The van der Waals surface area contributed by atoms with Gasteiger partial charge in [-0.3, -0.25) is 4.79 Å². The Morgan fingerprint density at radius 2 is 1.76 bits per heavy atom. The lowest BCUT2D eigenvalue weighted by Gasteiger charge is -2.39. The molecule has 2 fully saturated rings. The van der Waals surface area contributed by atoms with Gasteiger partial charge in [-0.25, -0.2) is 0 Å². The molecule has 5 rings (SSSR count). The zero-order chi connectivity index (χ0) is 29.5. The summed E-state index contributed by atoms with van der Waals surface area (Å²) in [6, 6.07) is 9.14. The van der Waals surface area contributed by atoms with Crippen molar-refractivity contribution in [2.75, 3.05) is 30.3 Å². The minimum atomic E-state index is -4.85. The van der Waals surface area contributed by atoms with Gasteiger partial charge < -0.3 is 25.8 Å². The number of carboxylic acid groups (broad SMARTS) is 1. The molecule has 0 radical (unpaired) electrons. The lowest BCUT2D eigenvalue weighted by atomic mass is 9.76. The maximum absolute atomic E-state index is 14.5. The van der Waals surface area contributed by atoms with E-state index >= 15 is 0 Å². The Morgan fingerprint density at radius 3 is 2.37 bits per heavy atom. The number of carboxylic acids is 1. The molecule has 0 saturated carbocycles. The summed E-state index contributed by atoms with van der Waals surface area (Å²) in [6.45, 7) is 1.62. The summed E-state index contributed by atoms with van der Waals surface area (Å²) in [6.07, 6.45) is -5.39. The van der Waals surface area contributed by atoms with Gasteiger partial charge in [0.1, 0.15) is 11.9 Å². The monoisotopic (exact) mass is 629 g/mol. The van der Waals surface area contributed by atoms with Crippen LogP contribution in [-0.4, -0.2) is 52.9 Å². The van der Waals surface area contributed by atoms with Crippen LogP contribution < -0.4 is 20.7 Å². The summed E-state index contributed by atoms with van der Waals surface area (Å²) in [7, 11) is 0. The summed E-state index contributed by atoms with van der Waals surface area (Å²) in [4.78, 5) is 21.4. The molecule has 2 aliphatic rings. The van der Waals surface area contributed by atoms with E-state index in [9.17, 15) is 23.1 Å². The molecular formula is C27H25Cl3F3N5O3. The molecule has 2 aliphatic heterocycles. The van der Waals surface area contributed by atoms with E-state index in [2.05, 4.69) is 15.3 Å². The van der Waals surface area contributed by atoms with E-state index in [1.54, 1.807) is 0 Å². The number of anilines is 2. The summed E-state index contributed by atoms with van der Waals surface area (Å²) in [5.74, 6) is -1.16. The van der Waals surface area contributed by atoms with Crippen molar-refractivity contribution in [1.29, 1.82) is 0 Å². The highest BCUT2D eigenvalue weighted by molar-refractivity contribution is 6.35. The van der Waals surface area contributed by atoms with Gasteiger partial charge in [-0.1, -0.05) is 40.9 Å². The van der Waals surface area contributed by atoms with E-state index in [4.69, 9.17) is 45.3 Å². The van der Waals surface area contributed by atoms with Crippen molar-refractivity contribution in [1.82, 2.24) is 15.3 Å². The van der Waals surface area contributed by atoms with Crippen molar-refractivity contribution in [3.8, 4) is 17.0 Å². The largest absolute Gasteiger partial charge is 0.480 e. The lowest BCUT2D eigenvalue weighted by molar-refractivity contribution is -0.198. The van der Waals surface area contributed by atoms with E-state index in [-0.39, 0.29) is 43.4 Å². The van der Waals surface area contributed by atoms with Crippen LogP contribution in [0.3, 0.4) is 0 Å². The van der Waals surface area contributed by atoms with E-state index in [1.165, 1.54) is 42.5 Å². The number of halogens is 6. The van der Waals surface area contributed by atoms with Crippen LogP contribution >= 0.6 is 34.8 Å². The van der Waals surface area contributed by atoms with Gasteiger partial charge in [0.2, 0.25) is 17.9 Å². The van der Waals surface area contributed by atoms with E-state index < -0.39 is 24.3 Å². The number of nitrogens with one attached hydrogen (secondary N) is 1. The smallest absolute Gasteiger partial charge is 0.429 e. The number of carbonyl (C=O) groups is 1. The maximum atomic E-state index is 14.5. The quantitative estimate of drug-likeness (QED) is 0.287. The topological polar surface area (TPSA) is 114 Å². The number of benzene rings is 2. The van der Waals surface area contributed by atoms with Gasteiger partial charge in [-0.15, -0.1) is 0 Å². The van der Waals surface area contributed by atoms with Crippen molar-refractivity contribution in [3.05, 3.63) is 63.1 Å². The number of alkyl halides is 3. The van der Waals surface area contributed by atoms with Gasteiger partial charge in [0.05, 0.1) is 0 Å². The van der Waals surface area contributed by atoms with Crippen molar-refractivity contribution in [2.45, 2.75) is 37.6 Å². The van der Waals surface area contributed by atoms with Crippen LogP contribution in [0.5, 0.6) is 5.88 Å². The molecule has 0 bridgehead atoms. The molecule has 0 aliphatic carbocycles. The fraction of sp³-hybridized carbons (Fsp3) is 0.370. The molecule has 2 aromatic carbocycles. The molecule has 14 heteroatoms. The highest BCUT2D eigenvalue weighted by Crippen LogP contribution is 2.44. The number of nitrogen functional groups attached to an aromatic ring is 1. The molecule has 3 heterocycles. The van der Waals surface area contributed by atoms with Gasteiger partial charge in [0, 0.05) is 46.3 Å². The van der Waals surface area contributed by atoms with Crippen molar-refractivity contribution < 1.29 is 27.8 Å². The Labute approximate surface area is 248 Å². The number of piperidine rings is 1. The second-order valence-corrected chi connectivity index (χ2v) is 11.6. The molecule has 1 aromatic heterocycles. The number of nitrogens with two attached hydrogens (primary N) is 1. The van der Waals surface area contributed by atoms with Crippen LogP contribution in [0.4, 0.5) is 24.9 Å². The van der Waals surface area contributed by atoms with Gasteiger partial charge in [-0.05, 0) is 66.1 Å².